The first-order chi connectivity index (χ1) is 2.93. The fraction of sp³-hybridized carbons (Fsp3) is 0.500. The van der Waals surface area contributed by atoms with E-state index in [9.17, 15) is 0 Å². The predicted molar refractivity (Wildman–Crippen MR) is 26.5 cm³/mol. The van der Waals surface area contributed by atoms with E-state index >= 15 is 0 Å². The zero-order valence-corrected chi connectivity index (χ0v) is 3.99. The Kier molecular flexibility index (Phi) is 0.813. The van der Waals surface area contributed by atoms with E-state index in [-0.39, 0.29) is 0 Å². The van der Waals surface area contributed by atoms with E-state index in [2.05, 4.69) is 12.7 Å². The molecule has 1 aliphatic rings. The number of allylic oxidation sites excluding steroid dienone is 1. The van der Waals surface area contributed by atoms with Gasteiger partial charge in [-0.25, -0.2) is 0 Å². The summed E-state index contributed by atoms with van der Waals surface area (Å²) in [6.07, 6.45) is 4.54. The molecular formula is C6H8. The average Bonchev–Trinajstić information content (AvgIpc) is 2.21. The van der Waals surface area contributed by atoms with E-state index < -0.39 is 0 Å². The van der Waals surface area contributed by atoms with Gasteiger partial charge in [-0.2, -0.15) is 0 Å². The van der Waals surface area contributed by atoms with Crippen molar-refractivity contribution in [3.8, 4) is 0 Å². The van der Waals surface area contributed by atoms with E-state index in [0.717, 1.165) is 0 Å². The molecule has 0 aromatic heterocycles. The molecule has 6 heavy (non-hydrogen) atoms. The van der Waals surface area contributed by atoms with E-state index in [1.165, 1.54) is 18.4 Å². The lowest BCUT2D eigenvalue weighted by atomic mass is 10.3. The predicted octanol–water partition coefficient (Wildman–Crippen LogP) is 1.88. The first-order valence-corrected chi connectivity index (χ1v) is 2.39. The summed E-state index contributed by atoms with van der Waals surface area (Å²) in [5, 5.41) is 0. The van der Waals surface area contributed by atoms with Crippen molar-refractivity contribution in [2.75, 3.05) is 0 Å². The summed E-state index contributed by atoms with van der Waals surface area (Å²) in [5.74, 6) is 0. The Morgan fingerprint density at radius 1 is 1.83 bits per heavy atom. The van der Waals surface area contributed by atoms with Crippen LogP contribution in [0.1, 0.15) is 19.8 Å². The highest BCUT2D eigenvalue weighted by Gasteiger charge is 1.94. The minimum absolute atomic E-state index is 1.24. The molecular weight excluding hydrogens is 72.1 g/mol. The molecule has 0 heterocycles. The minimum atomic E-state index is 1.24. The second-order valence-corrected chi connectivity index (χ2v) is 1.56. The molecule has 0 bridgehead atoms. The average molecular weight is 80.1 g/mol. The molecule has 32 valence electrons. The Hall–Kier alpha value is -0.480. The lowest BCUT2D eigenvalue weighted by Crippen LogP contribution is -1.60. The van der Waals surface area contributed by atoms with Crippen LogP contribution in [0.4, 0.5) is 0 Å². The summed E-state index contributed by atoms with van der Waals surface area (Å²) in [6, 6.07) is 0. The molecule has 0 aliphatic heterocycles. The Morgan fingerprint density at radius 2 is 2.50 bits per heavy atom. The third-order valence-corrected chi connectivity index (χ3v) is 0.868. The highest BCUT2D eigenvalue weighted by Crippen LogP contribution is 2.12. The molecule has 0 amide bonds. The summed E-state index contributed by atoms with van der Waals surface area (Å²) in [7, 11) is 0. The quantitative estimate of drug-likeness (QED) is 0.444. The first-order valence-electron chi connectivity index (χ1n) is 2.39. The van der Waals surface area contributed by atoms with Gasteiger partial charge >= 0.3 is 0 Å². The summed E-state index contributed by atoms with van der Waals surface area (Å²) in [6.45, 7) is 2.18. The second-order valence-electron chi connectivity index (χ2n) is 1.56. The molecule has 0 spiro atoms. The third kappa shape index (κ3) is 0.734. The maximum atomic E-state index is 3.03. The number of rotatable bonds is 2. The molecule has 1 rings (SSSR count). The van der Waals surface area contributed by atoms with Gasteiger partial charge in [0, 0.05) is 5.57 Å². The molecule has 0 radical (unpaired) electrons. The van der Waals surface area contributed by atoms with Crippen molar-refractivity contribution in [1.29, 1.82) is 0 Å². The van der Waals surface area contributed by atoms with Crippen molar-refractivity contribution in [1.82, 2.24) is 0 Å². The van der Waals surface area contributed by atoms with Gasteiger partial charge in [-0.1, -0.05) is 13.3 Å². The lowest BCUT2D eigenvalue weighted by molar-refractivity contribution is 0.942. The fourth-order valence-corrected chi connectivity index (χ4v) is 0.465. The maximum Gasteiger partial charge on any atom is 0.00170 e. The van der Waals surface area contributed by atoms with Gasteiger partial charge in [-0.3, -0.25) is 0 Å². The molecule has 1 aliphatic carbocycles. The van der Waals surface area contributed by atoms with Crippen LogP contribution >= 0.6 is 0 Å². The zero-order valence-electron chi connectivity index (χ0n) is 3.99. The van der Waals surface area contributed by atoms with Crippen LogP contribution in [0.3, 0.4) is 0 Å². The van der Waals surface area contributed by atoms with Gasteiger partial charge in [0.1, 0.15) is 0 Å². The van der Waals surface area contributed by atoms with Gasteiger partial charge in [-0.15, -0.1) is 5.73 Å². The van der Waals surface area contributed by atoms with Gasteiger partial charge in [0.25, 0.3) is 0 Å². The van der Waals surface area contributed by atoms with Crippen LogP contribution < -0.4 is 0 Å². The largest absolute Gasteiger partial charge is 0.116 e. The molecule has 0 saturated carbocycles. The van der Waals surface area contributed by atoms with Crippen LogP contribution in [0.2, 0.25) is 0 Å². The molecule has 0 aromatic rings. The van der Waals surface area contributed by atoms with E-state index in [1.807, 2.05) is 6.08 Å². The fourth-order valence-electron chi connectivity index (χ4n) is 0.465. The molecule has 0 saturated heterocycles. The van der Waals surface area contributed by atoms with Gasteiger partial charge in [0.15, 0.2) is 0 Å². The second kappa shape index (κ2) is 1.32. The van der Waals surface area contributed by atoms with Crippen molar-refractivity contribution in [3.05, 3.63) is 17.4 Å². The van der Waals surface area contributed by atoms with Crippen LogP contribution in [0, 0.1) is 0 Å². The monoisotopic (exact) mass is 80.1 g/mol. The minimum Gasteiger partial charge on any atom is -0.116 e. The van der Waals surface area contributed by atoms with E-state index in [0.29, 0.717) is 0 Å². The standard InChI is InChI=1S/C6H8/c1-2-3-6-4-5-6/h4H,2-3H2,1H3. The SMILES string of the molecule is CCCC1=C=C1. The van der Waals surface area contributed by atoms with Crippen molar-refractivity contribution < 1.29 is 0 Å². The molecule has 0 unspecified atom stereocenters. The molecule has 0 heteroatoms. The highest BCUT2D eigenvalue weighted by atomic mass is 14.0. The van der Waals surface area contributed by atoms with Gasteiger partial charge in [0.2, 0.25) is 0 Å². The van der Waals surface area contributed by atoms with E-state index in [1.54, 1.807) is 0 Å². The summed E-state index contributed by atoms with van der Waals surface area (Å²) < 4.78 is 0. The Bertz CT molecular complexity index is 103. The van der Waals surface area contributed by atoms with Crippen LogP contribution in [0.15, 0.2) is 17.4 Å². The summed E-state index contributed by atoms with van der Waals surface area (Å²) >= 11 is 0. The van der Waals surface area contributed by atoms with Crippen LogP contribution in [0.5, 0.6) is 0 Å². The van der Waals surface area contributed by atoms with Crippen LogP contribution in [-0.4, -0.2) is 0 Å². The number of hydrogen-bond donors (Lipinski definition) is 0. The van der Waals surface area contributed by atoms with Crippen LogP contribution in [-0.2, 0) is 0 Å². The summed E-state index contributed by atoms with van der Waals surface area (Å²) in [4.78, 5) is 0. The highest BCUT2D eigenvalue weighted by molar-refractivity contribution is 5.30. The Balaban J connectivity index is 2.05. The smallest absolute Gasteiger partial charge is 0.00170 e. The van der Waals surface area contributed by atoms with Crippen molar-refractivity contribution in [3.63, 3.8) is 0 Å². The molecule has 0 atom stereocenters. The normalized spacial score (nSPS) is 14.5. The van der Waals surface area contributed by atoms with E-state index in [4.69, 9.17) is 0 Å². The van der Waals surface area contributed by atoms with Crippen LogP contribution in [0.25, 0.3) is 0 Å². The lowest BCUT2D eigenvalue weighted by Gasteiger charge is -1.77. The summed E-state index contributed by atoms with van der Waals surface area (Å²) in [5.41, 5.74) is 4.44. The zero-order chi connectivity index (χ0) is 4.41. The molecule has 0 nitrogen and oxygen atoms in total. The number of hydrogen-bond acceptors (Lipinski definition) is 0. The van der Waals surface area contributed by atoms with Gasteiger partial charge in [-0.05, 0) is 12.5 Å². The van der Waals surface area contributed by atoms with Gasteiger partial charge in [0.05, 0.1) is 0 Å². The maximum absolute atomic E-state index is 3.03. The Morgan fingerprint density at radius 3 is 2.67 bits per heavy atom. The molecule has 0 fully saturated rings. The van der Waals surface area contributed by atoms with Crippen molar-refractivity contribution in [2.45, 2.75) is 19.8 Å². The topological polar surface area (TPSA) is 0 Å². The van der Waals surface area contributed by atoms with Crippen molar-refractivity contribution in [2.24, 2.45) is 0 Å². The van der Waals surface area contributed by atoms with Crippen molar-refractivity contribution >= 4 is 0 Å². The molecule has 0 aromatic carbocycles. The van der Waals surface area contributed by atoms with Gasteiger partial charge < -0.3 is 0 Å². The first kappa shape index (κ1) is 3.70. The Labute approximate surface area is 38.2 Å². The third-order valence-electron chi connectivity index (χ3n) is 0.868. The molecule has 0 N–H and O–H groups in total.